The van der Waals surface area contributed by atoms with E-state index >= 15 is 0 Å². The van der Waals surface area contributed by atoms with E-state index in [2.05, 4.69) is 36.5 Å². The molecule has 1 saturated heterocycles. The van der Waals surface area contributed by atoms with Crippen molar-refractivity contribution in [3.05, 3.63) is 59.2 Å². The Morgan fingerprint density at radius 1 is 1.09 bits per heavy atom. The molecule has 1 amide bonds. The first kappa shape index (κ1) is 24.2. The van der Waals surface area contributed by atoms with Gasteiger partial charge in [-0.25, -0.2) is 8.42 Å². The second-order valence-electron chi connectivity index (χ2n) is 7.93. The van der Waals surface area contributed by atoms with Gasteiger partial charge in [0.15, 0.2) is 0 Å². The maximum atomic E-state index is 12.9. The van der Waals surface area contributed by atoms with Gasteiger partial charge in [0.2, 0.25) is 15.9 Å². The Labute approximate surface area is 190 Å². The standard InChI is InChI=1S/C24H32N2O5S/c1-19-5-7-20(8-6-19)4-3-13-25-24(27)12-9-21-18-22(10-11-23(21)30-2)32(28,29)26-14-16-31-17-15-26/h5-8,10-11,18H,3-4,9,12-17H2,1-2H3,(H,25,27). The molecule has 0 unspecified atom stereocenters. The lowest BCUT2D eigenvalue weighted by Crippen LogP contribution is -2.40. The van der Waals surface area contributed by atoms with Crippen LogP contribution in [0.15, 0.2) is 47.4 Å². The largest absolute Gasteiger partial charge is 0.496 e. The van der Waals surface area contributed by atoms with Crippen LogP contribution in [0, 0.1) is 6.92 Å². The minimum Gasteiger partial charge on any atom is -0.496 e. The minimum absolute atomic E-state index is 0.0580. The number of morpholine rings is 1. The van der Waals surface area contributed by atoms with E-state index in [1.807, 2.05) is 0 Å². The van der Waals surface area contributed by atoms with Gasteiger partial charge in [-0.05, 0) is 55.5 Å². The van der Waals surface area contributed by atoms with Crippen molar-refractivity contribution in [1.82, 2.24) is 9.62 Å². The van der Waals surface area contributed by atoms with Gasteiger partial charge in [0, 0.05) is 26.1 Å². The molecule has 1 heterocycles. The van der Waals surface area contributed by atoms with Crippen LogP contribution in [0.1, 0.15) is 29.5 Å². The van der Waals surface area contributed by atoms with Crippen LogP contribution in [-0.2, 0) is 32.4 Å². The second kappa shape index (κ2) is 11.4. The van der Waals surface area contributed by atoms with Gasteiger partial charge < -0.3 is 14.8 Å². The topological polar surface area (TPSA) is 84.9 Å². The van der Waals surface area contributed by atoms with Crippen molar-refractivity contribution in [2.75, 3.05) is 40.0 Å². The third kappa shape index (κ3) is 6.54. The number of benzene rings is 2. The molecule has 2 aromatic carbocycles. The first-order valence-corrected chi connectivity index (χ1v) is 12.4. The average Bonchev–Trinajstić information content (AvgIpc) is 2.82. The van der Waals surface area contributed by atoms with Crippen LogP contribution in [-0.4, -0.2) is 58.6 Å². The van der Waals surface area contributed by atoms with Crippen LogP contribution >= 0.6 is 0 Å². The highest BCUT2D eigenvalue weighted by Gasteiger charge is 2.27. The number of hydrogen-bond acceptors (Lipinski definition) is 5. The summed E-state index contributed by atoms with van der Waals surface area (Å²) >= 11 is 0. The number of carbonyl (C=O) groups excluding carboxylic acids is 1. The summed E-state index contributed by atoms with van der Waals surface area (Å²) < 4.78 is 38.0. The lowest BCUT2D eigenvalue weighted by atomic mass is 10.1. The van der Waals surface area contributed by atoms with Gasteiger partial charge >= 0.3 is 0 Å². The van der Waals surface area contributed by atoms with Crippen LogP contribution in [0.3, 0.4) is 0 Å². The molecule has 8 heteroatoms. The van der Waals surface area contributed by atoms with E-state index in [1.165, 1.54) is 15.4 Å². The summed E-state index contributed by atoms with van der Waals surface area (Å²) in [5, 5.41) is 2.95. The Kier molecular flexibility index (Phi) is 8.67. The van der Waals surface area contributed by atoms with Crippen molar-refractivity contribution < 1.29 is 22.7 Å². The molecule has 1 N–H and O–H groups in total. The molecule has 0 atom stereocenters. The fourth-order valence-corrected chi connectivity index (χ4v) is 5.12. The van der Waals surface area contributed by atoms with Gasteiger partial charge in [0.05, 0.1) is 25.2 Å². The number of hydrogen-bond donors (Lipinski definition) is 1. The molecule has 0 saturated carbocycles. The monoisotopic (exact) mass is 460 g/mol. The SMILES string of the molecule is COc1ccc(S(=O)(=O)N2CCOCC2)cc1CCC(=O)NCCCc1ccc(C)cc1. The summed E-state index contributed by atoms with van der Waals surface area (Å²) in [6.45, 7) is 4.14. The molecular weight excluding hydrogens is 428 g/mol. The molecule has 3 rings (SSSR count). The Bertz CT molecular complexity index is 1000. The molecule has 2 aromatic rings. The van der Waals surface area contributed by atoms with E-state index in [4.69, 9.17) is 9.47 Å². The number of carbonyl (C=O) groups is 1. The molecule has 1 fully saturated rings. The Morgan fingerprint density at radius 3 is 2.50 bits per heavy atom. The molecule has 0 spiro atoms. The van der Waals surface area contributed by atoms with E-state index in [0.29, 0.717) is 50.6 Å². The number of nitrogens with one attached hydrogen (secondary N) is 1. The molecule has 7 nitrogen and oxygen atoms in total. The quantitative estimate of drug-likeness (QED) is 0.551. The average molecular weight is 461 g/mol. The van der Waals surface area contributed by atoms with Crippen LogP contribution in [0.5, 0.6) is 5.75 Å². The maximum Gasteiger partial charge on any atom is 0.243 e. The Hall–Kier alpha value is -2.42. The van der Waals surface area contributed by atoms with E-state index in [0.717, 1.165) is 12.8 Å². The van der Waals surface area contributed by atoms with E-state index < -0.39 is 10.0 Å². The summed E-state index contributed by atoms with van der Waals surface area (Å²) in [6, 6.07) is 13.2. The summed E-state index contributed by atoms with van der Waals surface area (Å²) in [6.07, 6.45) is 2.45. The molecule has 0 aromatic heterocycles. The summed E-state index contributed by atoms with van der Waals surface area (Å²) in [5.41, 5.74) is 3.20. The van der Waals surface area contributed by atoms with Crippen LogP contribution < -0.4 is 10.1 Å². The third-order valence-corrected chi connectivity index (χ3v) is 7.46. The highest BCUT2D eigenvalue weighted by atomic mass is 32.2. The van der Waals surface area contributed by atoms with E-state index in [-0.39, 0.29) is 17.2 Å². The van der Waals surface area contributed by atoms with E-state index in [1.54, 1.807) is 25.3 Å². The number of sulfonamides is 1. The number of amides is 1. The lowest BCUT2D eigenvalue weighted by Gasteiger charge is -2.26. The zero-order valence-electron chi connectivity index (χ0n) is 18.8. The van der Waals surface area contributed by atoms with Crippen molar-refractivity contribution in [3.8, 4) is 5.75 Å². The van der Waals surface area contributed by atoms with Crippen molar-refractivity contribution in [1.29, 1.82) is 0 Å². The molecule has 174 valence electrons. The molecular formula is C24H32N2O5S. The van der Waals surface area contributed by atoms with Crippen molar-refractivity contribution in [3.63, 3.8) is 0 Å². The number of ether oxygens (including phenoxy) is 2. The van der Waals surface area contributed by atoms with Crippen LogP contribution in [0.4, 0.5) is 0 Å². The van der Waals surface area contributed by atoms with Gasteiger partial charge in [-0.3, -0.25) is 4.79 Å². The van der Waals surface area contributed by atoms with Crippen molar-refractivity contribution in [2.45, 2.75) is 37.5 Å². The number of aryl methyl sites for hydroxylation is 3. The van der Waals surface area contributed by atoms with Gasteiger partial charge in [-0.15, -0.1) is 0 Å². The molecule has 0 aliphatic carbocycles. The fourth-order valence-electron chi connectivity index (χ4n) is 3.66. The molecule has 1 aliphatic rings. The zero-order chi connectivity index (χ0) is 23.0. The van der Waals surface area contributed by atoms with Gasteiger partial charge in [-0.2, -0.15) is 4.31 Å². The number of rotatable bonds is 10. The molecule has 1 aliphatic heterocycles. The smallest absolute Gasteiger partial charge is 0.243 e. The Morgan fingerprint density at radius 2 is 1.81 bits per heavy atom. The molecule has 0 bridgehead atoms. The lowest BCUT2D eigenvalue weighted by molar-refractivity contribution is -0.121. The molecule has 32 heavy (non-hydrogen) atoms. The second-order valence-corrected chi connectivity index (χ2v) is 9.87. The highest BCUT2D eigenvalue weighted by molar-refractivity contribution is 7.89. The van der Waals surface area contributed by atoms with Crippen molar-refractivity contribution in [2.24, 2.45) is 0 Å². The minimum atomic E-state index is -3.60. The van der Waals surface area contributed by atoms with Crippen LogP contribution in [0.25, 0.3) is 0 Å². The highest BCUT2D eigenvalue weighted by Crippen LogP contribution is 2.26. The third-order valence-electron chi connectivity index (χ3n) is 5.57. The van der Waals surface area contributed by atoms with Gasteiger partial charge in [-0.1, -0.05) is 29.8 Å². The maximum absolute atomic E-state index is 12.9. The van der Waals surface area contributed by atoms with E-state index in [9.17, 15) is 13.2 Å². The number of methoxy groups -OCH3 is 1. The predicted octanol–water partition coefficient (Wildman–Crippen LogP) is 2.71. The molecule has 0 radical (unpaired) electrons. The van der Waals surface area contributed by atoms with Gasteiger partial charge in [0.25, 0.3) is 0 Å². The summed E-state index contributed by atoms with van der Waals surface area (Å²) in [5.74, 6) is 0.524. The normalized spacial score (nSPS) is 14.8. The van der Waals surface area contributed by atoms with Crippen LogP contribution in [0.2, 0.25) is 0 Å². The predicted molar refractivity (Wildman–Crippen MR) is 123 cm³/mol. The number of nitrogens with zero attached hydrogens (tertiary/aromatic N) is 1. The summed E-state index contributed by atoms with van der Waals surface area (Å²) in [4.78, 5) is 12.5. The van der Waals surface area contributed by atoms with Gasteiger partial charge in [0.1, 0.15) is 5.75 Å². The Balaban J connectivity index is 1.53. The first-order valence-electron chi connectivity index (χ1n) is 11.0. The van der Waals surface area contributed by atoms with Crippen molar-refractivity contribution >= 4 is 15.9 Å². The fraction of sp³-hybridized carbons (Fsp3) is 0.458. The first-order chi connectivity index (χ1) is 15.4. The summed E-state index contributed by atoms with van der Waals surface area (Å²) in [7, 11) is -2.06. The zero-order valence-corrected chi connectivity index (χ0v) is 19.6.